The number of esters is 1. The Labute approximate surface area is 152 Å². The van der Waals surface area contributed by atoms with E-state index in [1.165, 1.54) is 0 Å². The van der Waals surface area contributed by atoms with Gasteiger partial charge in [-0.2, -0.15) is 0 Å². The first-order chi connectivity index (χ1) is 11.8. The summed E-state index contributed by atoms with van der Waals surface area (Å²) in [5, 5.41) is 0.627. The van der Waals surface area contributed by atoms with Gasteiger partial charge in [-0.1, -0.05) is 11.6 Å². The molecule has 2 atom stereocenters. The van der Waals surface area contributed by atoms with E-state index in [4.69, 9.17) is 30.5 Å². The van der Waals surface area contributed by atoms with Crippen molar-refractivity contribution in [2.75, 3.05) is 25.2 Å². The van der Waals surface area contributed by atoms with E-state index in [9.17, 15) is 4.79 Å². The quantitative estimate of drug-likeness (QED) is 0.745. The van der Waals surface area contributed by atoms with Gasteiger partial charge < -0.3 is 23.8 Å². The average molecular weight is 368 g/mol. The largest absolute Gasteiger partial charge is 0.492 e. The van der Waals surface area contributed by atoms with Crippen LogP contribution in [0.5, 0.6) is 0 Å². The molecule has 1 saturated heterocycles. The maximum atomic E-state index is 12.5. The van der Waals surface area contributed by atoms with E-state index >= 15 is 0 Å². The Kier molecular flexibility index (Phi) is 4.95. The van der Waals surface area contributed by atoms with Gasteiger partial charge in [0.1, 0.15) is 6.10 Å². The predicted molar refractivity (Wildman–Crippen MR) is 93.3 cm³/mol. The maximum Gasteiger partial charge on any atom is 0.359 e. The van der Waals surface area contributed by atoms with Gasteiger partial charge in [0.25, 0.3) is 0 Å². The highest BCUT2D eigenvalue weighted by Gasteiger charge is 2.48. The van der Waals surface area contributed by atoms with Gasteiger partial charge in [0.2, 0.25) is 0 Å². The summed E-state index contributed by atoms with van der Waals surface area (Å²) >= 11 is 5.94. The molecule has 0 aliphatic carbocycles. The van der Waals surface area contributed by atoms with Crippen molar-refractivity contribution in [3.05, 3.63) is 40.7 Å². The summed E-state index contributed by atoms with van der Waals surface area (Å²) in [6.45, 7) is 6.27. The first kappa shape index (κ1) is 18.0. The van der Waals surface area contributed by atoms with Gasteiger partial charge in [0, 0.05) is 17.8 Å². The highest BCUT2D eigenvalue weighted by Crippen LogP contribution is 2.36. The number of cyclic esters (lactones) is 1. The zero-order chi connectivity index (χ0) is 18.2. The highest BCUT2D eigenvalue weighted by atomic mass is 35.5. The SMILES string of the molecule is CCOC1=C(N(C)c2ccc(Cl)cc2)C(=O)OC1C1COC(C)(C)O1. The van der Waals surface area contributed by atoms with Crippen molar-refractivity contribution in [1.29, 1.82) is 0 Å². The highest BCUT2D eigenvalue weighted by molar-refractivity contribution is 6.30. The summed E-state index contributed by atoms with van der Waals surface area (Å²) in [7, 11) is 1.79. The zero-order valence-electron chi connectivity index (χ0n) is 14.7. The summed E-state index contributed by atoms with van der Waals surface area (Å²) in [4.78, 5) is 14.3. The molecule has 0 aromatic heterocycles. The number of carbonyl (C=O) groups is 1. The second kappa shape index (κ2) is 6.86. The number of hydrogen-bond donors (Lipinski definition) is 0. The molecule has 2 heterocycles. The smallest absolute Gasteiger partial charge is 0.359 e. The van der Waals surface area contributed by atoms with Crippen molar-refractivity contribution in [3.8, 4) is 0 Å². The molecule has 2 aliphatic rings. The standard InChI is InChI=1S/C18H22ClNO5/c1-5-22-16-14(20(4)12-8-6-11(19)7-9-12)17(21)24-15(16)13-10-23-18(2,3)25-13/h6-9,13,15H,5,10H2,1-4H3. The van der Waals surface area contributed by atoms with Crippen LogP contribution >= 0.6 is 11.6 Å². The molecule has 0 spiro atoms. The average Bonchev–Trinajstić information content (AvgIpc) is 3.07. The lowest BCUT2D eigenvalue weighted by Crippen LogP contribution is -2.33. The molecular formula is C18H22ClNO5. The number of anilines is 1. The van der Waals surface area contributed by atoms with Crippen LogP contribution in [0.3, 0.4) is 0 Å². The molecule has 1 fully saturated rings. The lowest BCUT2D eigenvalue weighted by atomic mass is 10.1. The van der Waals surface area contributed by atoms with E-state index in [-0.39, 0.29) is 0 Å². The van der Waals surface area contributed by atoms with E-state index in [1.807, 2.05) is 32.9 Å². The fourth-order valence-electron chi connectivity index (χ4n) is 2.97. The summed E-state index contributed by atoms with van der Waals surface area (Å²) in [6, 6.07) is 7.20. The zero-order valence-corrected chi connectivity index (χ0v) is 15.5. The second-order valence-electron chi connectivity index (χ2n) is 6.37. The Morgan fingerprint density at radius 1 is 1.32 bits per heavy atom. The summed E-state index contributed by atoms with van der Waals surface area (Å²) < 4.78 is 22.8. The molecule has 2 unspecified atom stereocenters. The second-order valence-corrected chi connectivity index (χ2v) is 6.81. The van der Waals surface area contributed by atoms with E-state index in [1.54, 1.807) is 24.1 Å². The molecule has 6 nitrogen and oxygen atoms in total. The van der Waals surface area contributed by atoms with Crippen LogP contribution in [-0.4, -0.2) is 44.2 Å². The van der Waals surface area contributed by atoms with E-state index in [2.05, 4.69) is 0 Å². The molecule has 3 rings (SSSR count). The molecule has 7 heteroatoms. The Balaban J connectivity index is 1.93. The molecule has 0 saturated carbocycles. The lowest BCUT2D eigenvalue weighted by Gasteiger charge is -2.22. The number of halogens is 1. The molecule has 136 valence electrons. The molecular weight excluding hydrogens is 346 g/mol. The summed E-state index contributed by atoms with van der Waals surface area (Å²) in [5.74, 6) is -0.686. The number of rotatable bonds is 5. The summed E-state index contributed by atoms with van der Waals surface area (Å²) in [5.41, 5.74) is 1.17. The topological polar surface area (TPSA) is 57.2 Å². The third kappa shape index (κ3) is 3.61. The minimum Gasteiger partial charge on any atom is -0.492 e. The third-order valence-corrected chi connectivity index (χ3v) is 4.39. The van der Waals surface area contributed by atoms with Crippen molar-refractivity contribution < 1.29 is 23.7 Å². The van der Waals surface area contributed by atoms with Crippen LogP contribution < -0.4 is 4.90 Å². The molecule has 1 aromatic rings. The number of ether oxygens (including phenoxy) is 4. The van der Waals surface area contributed by atoms with Crippen molar-refractivity contribution >= 4 is 23.3 Å². The van der Waals surface area contributed by atoms with Crippen LogP contribution in [0.4, 0.5) is 5.69 Å². The van der Waals surface area contributed by atoms with Gasteiger partial charge in [0.15, 0.2) is 23.3 Å². The van der Waals surface area contributed by atoms with Crippen LogP contribution in [0.25, 0.3) is 0 Å². The van der Waals surface area contributed by atoms with Crippen molar-refractivity contribution in [3.63, 3.8) is 0 Å². The van der Waals surface area contributed by atoms with E-state index < -0.39 is 24.0 Å². The van der Waals surface area contributed by atoms with Gasteiger partial charge in [-0.05, 0) is 45.0 Å². The Bertz CT molecular complexity index is 685. The molecule has 0 bridgehead atoms. The lowest BCUT2D eigenvalue weighted by molar-refractivity contribution is -0.163. The van der Waals surface area contributed by atoms with Crippen LogP contribution in [0.15, 0.2) is 35.7 Å². The number of carbonyl (C=O) groups excluding carboxylic acids is 1. The first-order valence-corrected chi connectivity index (χ1v) is 8.59. The molecule has 0 N–H and O–H groups in total. The minimum absolute atomic E-state index is 0.333. The maximum absolute atomic E-state index is 12.5. The molecule has 2 aliphatic heterocycles. The predicted octanol–water partition coefficient (Wildman–Crippen LogP) is 3.10. The fourth-order valence-corrected chi connectivity index (χ4v) is 3.10. The van der Waals surface area contributed by atoms with Gasteiger partial charge >= 0.3 is 5.97 Å². The van der Waals surface area contributed by atoms with Crippen LogP contribution in [0.2, 0.25) is 5.02 Å². The molecule has 0 radical (unpaired) electrons. The van der Waals surface area contributed by atoms with Gasteiger partial charge in [-0.15, -0.1) is 0 Å². The summed E-state index contributed by atoms with van der Waals surface area (Å²) in [6.07, 6.45) is -1.03. The number of benzene rings is 1. The monoisotopic (exact) mass is 367 g/mol. The third-order valence-electron chi connectivity index (χ3n) is 4.14. The van der Waals surface area contributed by atoms with Gasteiger partial charge in [0.05, 0.1) is 13.2 Å². The fraction of sp³-hybridized carbons (Fsp3) is 0.500. The Morgan fingerprint density at radius 3 is 2.56 bits per heavy atom. The molecule has 1 aromatic carbocycles. The number of nitrogens with zero attached hydrogens (tertiary/aromatic N) is 1. The van der Waals surface area contributed by atoms with Crippen LogP contribution in [-0.2, 0) is 23.7 Å². The van der Waals surface area contributed by atoms with Crippen molar-refractivity contribution in [2.45, 2.75) is 38.8 Å². The molecule has 25 heavy (non-hydrogen) atoms. The van der Waals surface area contributed by atoms with E-state index in [0.29, 0.717) is 29.7 Å². The number of likely N-dealkylation sites (N-methyl/N-ethyl adjacent to an activating group) is 1. The Morgan fingerprint density at radius 2 is 2.00 bits per heavy atom. The minimum atomic E-state index is -0.709. The molecule has 0 amide bonds. The van der Waals surface area contributed by atoms with Crippen LogP contribution in [0.1, 0.15) is 20.8 Å². The van der Waals surface area contributed by atoms with Crippen molar-refractivity contribution in [2.24, 2.45) is 0 Å². The van der Waals surface area contributed by atoms with Crippen LogP contribution in [0, 0.1) is 0 Å². The van der Waals surface area contributed by atoms with Crippen molar-refractivity contribution in [1.82, 2.24) is 0 Å². The number of hydrogen-bond acceptors (Lipinski definition) is 6. The normalized spacial score (nSPS) is 25.2. The van der Waals surface area contributed by atoms with Gasteiger partial charge in [-0.25, -0.2) is 4.79 Å². The van der Waals surface area contributed by atoms with Gasteiger partial charge in [-0.3, -0.25) is 0 Å². The van der Waals surface area contributed by atoms with E-state index in [0.717, 1.165) is 5.69 Å². The Hall–Kier alpha value is -1.76. The first-order valence-electron chi connectivity index (χ1n) is 8.21.